The van der Waals surface area contributed by atoms with Crippen LogP contribution in [0.15, 0.2) is 18.5 Å². The number of nitrogens with zero attached hydrogens (tertiary/aromatic N) is 3. The minimum absolute atomic E-state index is 0.188. The summed E-state index contributed by atoms with van der Waals surface area (Å²) < 4.78 is 37.3. The van der Waals surface area contributed by atoms with Gasteiger partial charge in [0.05, 0.1) is 26.0 Å². The van der Waals surface area contributed by atoms with E-state index in [4.69, 9.17) is 24.5 Å². The number of hydrogen-bond donors (Lipinski definition) is 5. The molecule has 16 heteroatoms. The Kier molecular flexibility index (Phi) is 10.9. The second kappa shape index (κ2) is 13.6. The summed E-state index contributed by atoms with van der Waals surface area (Å²) in [5.74, 6) is -0.975. The molecule has 41 heavy (non-hydrogen) atoms. The number of nitrogens with one attached hydrogen (secondary N) is 2. The Labute approximate surface area is 238 Å². The van der Waals surface area contributed by atoms with Gasteiger partial charge in [0, 0.05) is 0 Å². The highest BCUT2D eigenvalue weighted by Crippen LogP contribution is 2.45. The van der Waals surface area contributed by atoms with Crippen LogP contribution in [0.3, 0.4) is 0 Å². The summed E-state index contributed by atoms with van der Waals surface area (Å²) in [6.45, 7) is 8.01. The molecule has 0 saturated carbocycles. The number of anilines is 1. The number of carbonyl (C=O) groups excluding carboxylic acids is 2. The zero-order valence-electron chi connectivity index (χ0n) is 24.1. The molecule has 230 valence electrons. The van der Waals surface area contributed by atoms with Gasteiger partial charge in [-0.05, 0) is 38.8 Å². The average Bonchev–Trinajstić information content (AvgIpc) is 3.47. The number of ether oxygens (including phenoxy) is 3. The predicted octanol–water partition coefficient (Wildman–Crippen LogP) is 1.10. The third-order valence-corrected chi connectivity index (χ3v) is 9.19. The van der Waals surface area contributed by atoms with Crippen LogP contribution < -0.4 is 15.9 Å². The van der Waals surface area contributed by atoms with Crippen LogP contribution in [-0.4, -0.2) is 87.0 Å². The summed E-state index contributed by atoms with van der Waals surface area (Å²) >= 11 is 0. The summed E-state index contributed by atoms with van der Waals surface area (Å²) in [4.78, 5) is 28.7. The van der Waals surface area contributed by atoms with E-state index in [1.54, 1.807) is 12.1 Å². The zero-order chi connectivity index (χ0) is 30.5. The smallest absolute Gasteiger partial charge is 0.342 e. The molecular weight excluding hydrogens is 559 g/mol. The number of aromatic nitrogens is 3. The van der Waals surface area contributed by atoms with Gasteiger partial charge in [-0.2, -0.15) is 5.10 Å². The molecule has 7 atom stereocenters. The molecule has 0 spiro atoms. The lowest BCUT2D eigenvalue weighted by atomic mass is 9.97. The maximum Gasteiger partial charge on any atom is 0.342 e. The second-order valence-electron chi connectivity index (χ2n) is 10.3. The fourth-order valence-corrected chi connectivity index (χ4v) is 6.36. The Morgan fingerprint density at radius 1 is 1.20 bits per heavy atom. The highest BCUT2D eigenvalue weighted by Gasteiger charge is 2.53. The molecule has 3 heterocycles. The van der Waals surface area contributed by atoms with Crippen molar-refractivity contribution >= 4 is 30.9 Å². The molecule has 15 nitrogen and oxygen atoms in total. The maximum atomic E-state index is 13.9. The second-order valence-corrected chi connectivity index (χ2v) is 12.2. The van der Waals surface area contributed by atoms with Crippen LogP contribution >= 0.6 is 7.67 Å². The van der Waals surface area contributed by atoms with Crippen LogP contribution in [0, 0.1) is 5.92 Å². The van der Waals surface area contributed by atoms with E-state index in [1.807, 2.05) is 13.8 Å². The van der Waals surface area contributed by atoms with Crippen molar-refractivity contribution in [2.24, 2.45) is 5.92 Å². The highest BCUT2D eigenvalue weighted by molar-refractivity contribution is 7.54. The van der Waals surface area contributed by atoms with E-state index >= 15 is 0 Å². The monoisotopic (exact) mass is 600 g/mol. The topological polar surface area (TPSA) is 209 Å². The van der Waals surface area contributed by atoms with Crippen molar-refractivity contribution < 1.29 is 43.1 Å². The van der Waals surface area contributed by atoms with Crippen molar-refractivity contribution in [3.63, 3.8) is 0 Å². The van der Waals surface area contributed by atoms with Crippen LogP contribution in [0.1, 0.15) is 59.3 Å². The van der Waals surface area contributed by atoms with Crippen molar-refractivity contribution in [1.82, 2.24) is 24.8 Å². The van der Waals surface area contributed by atoms with Crippen LogP contribution in [0.2, 0.25) is 0 Å². The first-order valence-electron chi connectivity index (χ1n) is 13.5. The number of carbonyl (C=O) groups is 2. The van der Waals surface area contributed by atoms with Gasteiger partial charge in [0.15, 0.2) is 5.82 Å². The number of esters is 2. The lowest BCUT2D eigenvalue weighted by molar-refractivity contribution is -0.146. The number of nitrogen functional groups attached to an aromatic ring is 1. The van der Waals surface area contributed by atoms with Gasteiger partial charge in [-0.3, -0.25) is 14.2 Å². The standard InChI is InChI=1S/C25H41N6O9P/c1-7-16(8-2)11-38-24(35)15(4)30-41(36,29-14(3)23(34)37-6)39-12-25(5)21(33)19(32)20(40-25)17-9-10-18-22(26)27-13-28-31(17)18/h9-10,13-16,19-21,32-33H,7-8,11-12H2,1-6H3,(H2,26,27,28)(H2,29,30,36)/t14-,15-,19-,20-,21-,25+,41+/m0/s1. The van der Waals surface area contributed by atoms with E-state index in [0.717, 1.165) is 12.8 Å². The van der Waals surface area contributed by atoms with E-state index in [0.29, 0.717) is 11.2 Å². The molecule has 0 bridgehead atoms. The molecule has 6 N–H and O–H groups in total. The molecule has 2 aromatic rings. The lowest BCUT2D eigenvalue weighted by Gasteiger charge is -2.31. The van der Waals surface area contributed by atoms with Crippen molar-refractivity contribution in [2.75, 3.05) is 26.1 Å². The normalized spacial score (nSPS) is 25.6. The van der Waals surface area contributed by atoms with Crippen molar-refractivity contribution in [3.05, 3.63) is 24.2 Å². The molecule has 0 aliphatic carbocycles. The summed E-state index contributed by atoms with van der Waals surface area (Å²) in [7, 11) is -3.02. The first-order valence-corrected chi connectivity index (χ1v) is 15.1. The van der Waals surface area contributed by atoms with Crippen molar-refractivity contribution in [2.45, 2.75) is 83.5 Å². The zero-order valence-corrected chi connectivity index (χ0v) is 25.0. The van der Waals surface area contributed by atoms with Crippen LogP contribution in [0.25, 0.3) is 5.52 Å². The minimum atomic E-state index is -4.20. The van der Waals surface area contributed by atoms with Gasteiger partial charge in [-0.25, -0.2) is 19.7 Å². The SMILES string of the molecule is CCC(CC)COC(=O)[C@H](C)N[P@@](=O)(N[C@@H](C)C(=O)OC)OC[C@@]1(C)O[C@@H](c2ccc3c(N)ncnn23)[C@H](O)[C@@H]1O. The largest absolute Gasteiger partial charge is 0.468 e. The molecule has 1 aliphatic rings. The lowest BCUT2D eigenvalue weighted by Crippen LogP contribution is -2.47. The number of nitrogens with two attached hydrogens (primary N) is 1. The Balaban J connectivity index is 1.78. The number of fused-ring (bicyclic) bond motifs is 1. The molecule has 0 aromatic carbocycles. The Morgan fingerprint density at radius 2 is 1.83 bits per heavy atom. The van der Waals surface area contributed by atoms with Crippen LogP contribution in [0.5, 0.6) is 0 Å². The Bertz CT molecular complexity index is 1260. The highest BCUT2D eigenvalue weighted by atomic mass is 31.2. The molecule has 0 unspecified atom stereocenters. The number of aliphatic hydroxyl groups excluding tert-OH is 2. The van der Waals surface area contributed by atoms with Crippen LogP contribution in [-0.2, 0) is 32.9 Å². The number of methoxy groups -OCH3 is 1. The number of aliphatic hydroxyl groups is 2. The number of hydrogen-bond acceptors (Lipinski definition) is 12. The molecular formula is C25H41N6O9P. The van der Waals surface area contributed by atoms with Crippen molar-refractivity contribution in [3.8, 4) is 0 Å². The van der Waals surface area contributed by atoms with Gasteiger partial charge in [-0.15, -0.1) is 0 Å². The molecule has 0 amide bonds. The van der Waals surface area contributed by atoms with Gasteiger partial charge in [0.25, 0.3) is 0 Å². The fraction of sp³-hybridized carbons (Fsp3) is 0.680. The maximum absolute atomic E-state index is 13.9. The predicted molar refractivity (Wildman–Crippen MR) is 147 cm³/mol. The molecule has 1 aliphatic heterocycles. The quantitative estimate of drug-likeness (QED) is 0.152. The molecule has 2 aromatic heterocycles. The third kappa shape index (κ3) is 7.41. The molecule has 1 saturated heterocycles. The molecule has 0 radical (unpaired) electrons. The Morgan fingerprint density at radius 3 is 2.44 bits per heavy atom. The van der Waals surface area contributed by atoms with E-state index in [-0.39, 0.29) is 18.3 Å². The van der Waals surface area contributed by atoms with Gasteiger partial charge >= 0.3 is 19.6 Å². The minimum Gasteiger partial charge on any atom is -0.468 e. The first kappa shape index (κ1) is 32.9. The summed E-state index contributed by atoms with van der Waals surface area (Å²) in [6, 6.07) is 1.10. The number of rotatable bonds is 14. The van der Waals surface area contributed by atoms with Gasteiger partial charge in [0.2, 0.25) is 0 Å². The molecule has 3 rings (SSSR count). The van der Waals surface area contributed by atoms with Crippen molar-refractivity contribution in [1.29, 1.82) is 0 Å². The van der Waals surface area contributed by atoms with E-state index < -0.39 is 62.2 Å². The third-order valence-electron chi connectivity index (χ3n) is 7.24. The van der Waals surface area contributed by atoms with E-state index in [9.17, 15) is 24.4 Å². The fourth-order valence-electron chi connectivity index (χ4n) is 4.47. The van der Waals surface area contributed by atoms with E-state index in [2.05, 4.69) is 20.3 Å². The Hall–Kier alpha value is -2.65. The van der Waals surface area contributed by atoms with Crippen LogP contribution in [0.4, 0.5) is 5.82 Å². The first-order chi connectivity index (χ1) is 19.3. The summed E-state index contributed by atoms with van der Waals surface area (Å²) in [6.07, 6.45) is -1.03. The van der Waals surface area contributed by atoms with Gasteiger partial charge in [0.1, 0.15) is 47.8 Å². The summed E-state index contributed by atoms with van der Waals surface area (Å²) in [5.41, 5.74) is 5.22. The summed E-state index contributed by atoms with van der Waals surface area (Å²) in [5, 5.41) is 31.2. The average molecular weight is 601 g/mol. The van der Waals surface area contributed by atoms with Gasteiger partial charge < -0.3 is 34.7 Å². The molecule has 1 fully saturated rings. The van der Waals surface area contributed by atoms with Gasteiger partial charge in [-0.1, -0.05) is 26.7 Å². The van der Waals surface area contributed by atoms with E-state index in [1.165, 1.54) is 38.7 Å².